The Morgan fingerprint density at radius 2 is 1.84 bits per heavy atom. The Morgan fingerprint density at radius 3 is 2.68 bits per heavy atom. The highest BCUT2D eigenvalue weighted by atomic mass is 16.3. The van der Waals surface area contributed by atoms with E-state index < -0.39 is 5.89 Å². The highest BCUT2D eigenvalue weighted by Gasteiger charge is 2.24. The van der Waals surface area contributed by atoms with E-state index in [2.05, 4.69) is 72.2 Å². The lowest BCUT2D eigenvalue weighted by Gasteiger charge is -2.21. The molecule has 0 spiro atoms. The van der Waals surface area contributed by atoms with Gasteiger partial charge >= 0.3 is 0 Å². The average Bonchev–Trinajstić information content (AvgIpc) is 3.19. The van der Waals surface area contributed by atoms with Crippen molar-refractivity contribution >= 4 is 32.8 Å². The van der Waals surface area contributed by atoms with Gasteiger partial charge in [-0.15, -0.1) is 0 Å². The minimum Gasteiger partial charge on any atom is -0.437 e. The number of benzene rings is 2. The van der Waals surface area contributed by atoms with Crippen molar-refractivity contribution in [2.75, 3.05) is 0 Å². The molecule has 3 heterocycles. The monoisotopic (exact) mass is 408 g/mol. The first-order valence-corrected chi connectivity index (χ1v) is 11.3. The van der Waals surface area contributed by atoms with E-state index in [4.69, 9.17) is 5.79 Å². The third kappa shape index (κ3) is 2.95. The molecule has 0 bridgehead atoms. The van der Waals surface area contributed by atoms with E-state index in [-0.39, 0.29) is 0 Å². The van der Waals surface area contributed by atoms with Gasteiger partial charge in [-0.05, 0) is 42.7 Å². The molecule has 0 radical (unpaired) electrons. The number of pyridine rings is 2. The predicted molar refractivity (Wildman–Crippen MR) is 126 cm³/mol. The van der Waals surface area contributed by atoms with Gasteiger partial charge in [0, 0.05) is 30.0 Å². The molecule has 3 nitrogen and oxygen atoms in total. The van der Waals surface area contributed by atoms with Gasteiger partial charge < -0.3 is 4.42 Å². The number of aromatic nitrogens is 2. The van der Waals surface area contributed by atoms with Crippen LogP contribution in [-0.2, 0) is 7.05 Å². The Kier molecular flexibility index (Phi) is 4.06. The third-order valence-electron chi connectivity index (χ3n) is 6.85. The van der Waals surface area contributed by atoms with Gasteiger partial charge in [0.25, 0.3) is 0 Å². The molecule has 1 aliphatic rings. The molecule has 0 atom stereocenters. The standard InChI is InChI=1S/C28H27N2O/c1-18-12-14-23-26-22-11-7-6-10-20(22)16-29-28(26)31-27(23)25(18)24-15-13-21(17-30(24)2)19-8-4-3-5-9-19/h6-7,10-17,19H,3-5,8-9H2,1-2H3/q+1/i19D. The Bertz CT molecular complexity index is 1490. The van der Waals surface area contributed by atoms with Crippen LogP contribution in [-0.4, -0.2) is 4.98 Å². The maximum Gasteiger partial charge on any atom is 0.227 e. The van der Waals surface area contributed by atoms with Crippen molar-refractivity contribution in [3.05, 3.63) is 72.1 Å². The summed E-state index contributed by atoms with van der Waals surface area (Å²) < 4.78 is 17.6. The lowest BCUT2D eigenvalue weighted by atomic mass is 9.84. The second-order valence-electron chi connectivity index (χ2n) is 8.84. The summed E-state index contributed by atoms with van der Waals surface area (Å²) in [5.74, 6) is -0.461. The summed E-state index contributed by atoms with van der Waals surface area (Å²) in [6.07, 6.45) is 9.48. The molecule has 0 unspecified atom stereocenters. The second kappa shape index (κ2) is 7.19. The van der Waals surface area contributed by atoms with Gasteiger partial charge in [-0.1, -0.05) is 55.7 Å². The fraction of sp³-hybridized carbons (Fsp3) is 0.286. The zero-order valence-corrected chi connectivity index (χ0v) is 18.1. The smallest absolute Gasteiger partial charge is 0.227 e. The van der Waals surface area contributed by atoms with Crippen molar-refractivity contribution in [1.82, 2.24) is 4.98 Å². The first-order valence-electron chi connectivity index (χ1n) is 11.8. The van der Waals surface area contributed by atoms with Crippen molar-refractivity contribution in [2.24, 2.45) is 7.05 Å². The van der Waals surface area contributed by atoms with Crippen LogP contribution in [0.15, 0.2) is 65.3 Å². The van der Waals surface area contributed by atoms with Gasteiger partial charge in [-0.2, -0.15) is 0 Å². The Morgan fingerprint density at radius 1 is 1.00 bits per heavy atom. The summed E-state index contributed by atoms with van der Waals surface area (Å²) >= 11 is 0. The zero-order valence-electron chi connectivity index (χ0n) is 19.1. The molecule has 154 valence electrons. The fourth-order valence-corrected chi connectivity index (χ4v) is 5.23. The highest BCUT2D eigenvalue weighted by Crippen LogP contribution is 2.39. The summed E-state index contributed by atoms with van der Waals surface area (Å²) in [5, 5.41) is 4.45. The summed E-state index contributed by atoms with van der Waals surface area (Å²) in [6.45, 7) is 2.13. The molecule has 3 aromatic heterocycles. The van der Waals surface area contributed by atoms with Gasteiger partial charge in [-0.25, -0.2) is 9.55 Å². The molecule has 1 fully saturated rings. The molecule has 2 aromatic carbocycles. The first-order chi connectivity index (χ1) is 15.5. The molecule has 5 aromatic rings. The molecule has 1 aliphatic carbocycles. The largest absolute Gasteiger partial charge is 0.437 e. The minimum absolute atomic E-state index is 0.461. The topological polar surface area (TPSA) is 29.9 Å². The van der Waals surface area contributed by atoms with Crippen LogP contribution in [0.2, 0.25) is 0 Å². The summed E-state index contributed by atoms with van der Waals surface area (Å²) in [4.78, 5) is 4.62. The number of nitrogens with zero attached hydrogens (tertiary/aromatic N) is 2. The summed E-state index contributed by atoms with van der Waals surface area (Å²) in [5.41, 5.74) is 6.04. The number of aryl methyl sites for hydroxylation is 2. The van der Waals surface area contributed by atoms with Crippen LogP contribution in [0.5, 0.6) is 0 Å². The SMILES string of the molecule is [2H]C1(c2ccc(-c3c(C)ccc4c3oc3ncc5ccccc5c34)[n+](C)c2)CCCCC1. The van der Waals surface area contributed by atoms with Crippen LogP contribution >= 0.6 is 0 Å². The minimum atomic E-state index is -0.461. The van der Waals surface area contributed by atoms with E-state index in [0.29, 0.717) is 5.71 Å². The third-order valence-corrected chi connectivity index (χ3v) is 6.85. The van der Waals surface area contributed by atoms with Crippen molar-refractivity contribution in [2.45, 2.75) is 44.9 Å². The van der Waals surface area contributed by atoms with Gasteiger partial charge in [0.15, 0.2) is 11.8 Å². The van der Waals surface area contributed by atoms with E-state index >= 15 is 0 Å². The normalized spacial score (nSPS) is 16.8. The molecular formula is C28H27N2O+. The van der Waals surface area contributed by atoms with E-state index in [9.17, 15) is 0 Å². The van der Waals surface area contributed by atoms with Gasteiger partial charge in [0.2, 0.25) is 11.4 Å². The van der Waals surface area contributed by atoms with Crippen LogP contribution in [0, 0.1) is 6.92 Å². The Labute approximate surface area is 183 Å². The number of fused-ring (bicyclic) bond motifs is 5. The second-order valence-corrected chi connectivity index (χ2v) is 8.84. The number of rotatable bonds is 2. The number of hydrogen-bond donors (Lipinski definition) is 0. The molecule has 1 saturated carbocycles. The fourth-order valence-electron chi connectivity index (χ4n) is 5.23. The van der Waals surface area contributed by atoms with Crippen LogP contribution in [0.3, 0.4) is 0 Å². The number of hydrogen-bond acceptors (Lipinski definition) is 2. The average molecular weight is 409 g/mol. The molecule has 0 aliphatic heterocycles. The van der Waals surface area contributed by atoms with Gasteiger partial charge in [-0.3, -0.25) is 0 Å². The Hall–Kier alpha value is -3.20. The highest BCUT2D eigenvalue weighted by molar-refractivity contribution is 6.19. The van der Waals surface area contributed by atoms with E-state index in [0.717, 1.165) is 64.2 Å². The predicted octanol–water partition coefficient (Wildman–Crippen LogP) is 6.98. The summed E-state index contributed by atoms with van der Waals surface area (Å²) in [6, 6.07) is 17.0. The van der Waals surface area contributed by atoms with Crippen LogP contribution in [0.4, 0.5) is 0 Å². The van der Waals surface area contributed by atoms with E-state index in [1.807, 2.05) is 12.3 Å². The van der Waals surface area contributed by atoms with Crippen molar-refractivity contribution in [3.8, 4) is 11.3 Å². The lowest BCUT2D eigenvalue weighted by molar-refractivity contribution is -0.660. The van der Waals surface area contributed by atoms with Gasteiger partial charge in [0.05, 0.1) is 10.9 Å². The molecule has 31 heavy (non-hydrogen) atoms. The van der Waals surface area contributed by atoms with E-state index in [1.54, 1.807) is 0 Å². The van der Waals surface area contributed by atoms with Crippen LogP contribution in [0.1, 0.15) is 50.5 Å². The summed E-state index contributed by atoms with van der Waals surface area (Å²) in [7, 11) is 2.08. The molecule has 3 heteroatoms. The molecular weight excluding hydrogens is 380 g/mol. The molecule has 0 amide bonds. The van der Waals surface area contributed by atoms with Crippen molar-refractivity contribution < 1.29 is 10.4 Å². The Balaban J connectivity index is 1.58. The van der Waals surface area contributed by atoms with Crippen molar-refractivity contribution in [1.29, 1.82) is 0 Å². The quantitative estimate of drug-likeness (QED) is 0.295. The maximum absolute atomic E-state index is 9.02. The lowest BCUT2D eigenvalue weighted by Crippen LogP contribution is -2.32. The van der Waals surface area contributed by atoms with Crippen molar-refractivity contribution in [3.63, 3.8) is 0 Å². The zero-order chi connectivity index (χ0) is 21.9. The van der Waals surface area contributed by atoms with Crippen LogP contribution in [0.25, 0.3) is 44.1 Å². The van der Waals surface area contributed by atoms with E-state index in [1.165, 1.54) is 17.4 Å². The molecule has 0 N–H and O–H groups in total. The maximum atomic E-state index is 9.02. The molecule has 6 rings (SSSR count). The number of furan rings is 1. The molecule has 0 saturated heterocycles. The van der Waals surface area contributed by atoms with Gasteiger partial charge in [0.1, 0.15) is 7.05 Å². The first kappa shape index (κ1) is 17.5. The van der Waals surface area contributed by atoms with Crippen LogP contribution < -0.4 is 4.57 Å².